The smallest absolute Gasteiger partial charge is 0.240 e. The van der Waals surface area contributed by atoms with Gasteiger partial charge in [0.2, 0.25) is 5.91 Å². The Morgan fingerprint density at radius 1 is 1.47 bits per heavy atom. The molecule has 1 saturated heterocycles. The Hall–Kier alpha value is -1.08. The van der Waals surface area contributed by atoms with Gasteiger partial charge in [0.05, 0.1) is 6.07 Å². The SMILES string of the molecule is CC(CNC(=O)C1(C#N)CC(C)C1)CN1CCCC1. The Morgan fingerprint density at radius 2 is 2.11 bits per heavy atom. The predicted octanol–water partition coefficient (Wildman–Crippen LogP) is 1.77. The number of nitrogens with zero attached hydrogens (tertiary/aromatic N) is 2. The third-order valence-electron chi connectivity index (χ3n) is 4.42. The molecule has 0 aromatic rings. The van der Waals surface area contributed by atoms with Crippen molar-refractivity contribution < 1.29 is 4.79 Å². The number of likely N-dealkylation sites (tertiary alicyclic amines) is 1. The van der Waals surface area contributed by atoms with Crippen LogP contribution >= 0.6 is 0 Å². The van der Waals surface area contributed by atoms with Crippen molar-refractivity contribution in [1.82, 2.24) is 10.2 Å². The zero-order valence-electron chi connectivity index (χ0n) is 12.1. The van der Waals surface area contributed by atoms with Gasteiger partial charge < -0.3 is 10.2 Å². The molecule has 1 unspecified atom stereocenters. The van der Waals surface area contributed by atoms with Gasteiger partial charge in [0.1, 0.15) is 5.41 Å². The first-order chi connectivity index (χ1) is 9.05. The highest BCUT2D eigenvalue weighted by molar-refractivity contribution is 5.86. The third-order valence-corrected chi connectivity index (χ3v) is 4.42. The van der Waals surface area contributed by atoms with Crippen LogP contribution in [0, 0.1) is 28.6 Å². The molecule has 1 N–H and O–H groups in total. The summed E-state index contributed by atoms with van der Waals surface area (Å²) in [7, 11) is 0. The predicted molar refractivity (Wildman–Crippen MR) is 74.3 cm³/mol. The molecule has 0 spiro atoms. The maximum atomic E-state index is 12.1. The van der Waals surface area contributed by atoms with Crippen LogP contribution < -0.4 is 5.32 Å². The van der Waals surface area contributed by atoms with Crippen LogP contribution in [0.4, 0.5) is 0 Å². The molecule has 1 atom stereocenters. The standard InChI is InChI=1S/C15H25N3O/c1-12-7-15(8-12,11-16)14(19)17-9-13(2)10-18-5-3-4-6-18/h12-13H,3-10H2,1-2H3,(H,17,19). The van der Waals surface area contributed by atoms with E-state index >= 15 is 0 Å². The molecule has 2 fully saturated rings. The van der Waals surface area contributed by atoms with E-state index in [9.17, 15) is 10.1 Å². The Kier molecular flexibility index (Phi) is 4.46. The number of amides is 1. The molecule has 1 heterocycles. The number of nitriles is 1. The highest BCUT2D eigenvalue weighted by atomic mass is 16.2. The maximum absolute atomic E-state index is 12.1. The van der Waals surface area contributed by atoms with E-state index in [0.29, 0.717) is 18.4 Å². The van der Waals surface area contributed by atoms with Gasteiger partial charge in [0.25, 0.3) is 0 Å². The number of carbonyl (C=O) groups is 1. The summed E-state index contributed by atoms with van der Waals surface area (Å²) < 4.78 is 0. The highest BCUT2D eigenvalue weighted by Gasteiger charge is 2.48. The lowest BCUT2D eigenvalue weighted by Crippen LogP contribution is -2.49. The van der Waals surface area contributed by atoms with Crippen molar-refractivity contribution in [2.24, 2.45) is 17.3 Å². The zero-order chi connectivity index (χ0) is 13.9. The lowest BCUT2D eigenvalue weighted by atomic mass is 9.63. The molecule has 2 aliphatic rings. The van der Waals surface area contributed by atoms with Crippen LogP contribution in [0.3, 0.4) is 0 Å². The molecule has 19 heavy (non-hydrogen) atoms. The minimum atomic E-state index is -0.729. The molecule has 0 bridgehead atoms. The number of carbonyl (C=O) groups excluding carboxylic acids is 1. The molecule has 106 valence electrons. The summed E-state index contributed by atoms with van der Waals surface area (Å²) >= 11 is 0. The monoisotopic (exact) mass is 263 g/mol. The van der Waals surface area contributed by atoms with Gasteiger partial charge in [-0.3, -0.25) is 4.79 Å². The normalized spacial score (nSPS) is 32.4. The molecule has 2 rings (SSSR count). The third kappa shape index (κ3) is 3.27. The van der Waals surface area contributed by atoms with Gasteiger partial charge >= 0.3 is 0 Å². The van der Waals surface area contributed by atoms with Crippen molar-refractivity contribution in [3.8, 4) is 6.07 Å². The first-order valence-corrected chi connectivity index (χ1v) is 7.47. The van der Waals surface area contributed by atoms with Gasteiger partial charge in [-0.05, 0) is 50.6 Å². The Bertz CT molecular complexity index is 362. The van der Waals surface area contributed by atoms with E-state index in [4.69, 9.17) is 0 Å². The van der Waals surface area contributed by atoms with Crippen LogP contribution in [0.25, 0.3) is 0 Å². The van der Waals surface area contributed by atoms with Gasteiger partial charge in [0.15, 0.2) is 0 Å². The maximum Gasteiger partial charge on any atom is 0.240 e. The van der Waals surface area contributed by atoms with Crippen molar-refractivity contribution in [2.45, 2.75) is 39.5 Å². The Balaban J connectivity index is 1.72. The summed E-state index contributed by atoms with van der Waals surface area (Å²) in [6.45, 7) is 8.39. The molecule has 1 saturated carbocycles. The van der Waals surface area contributed by atoms with E-state index in [1.807, 2.05) is 0 Å². The van der Waals surface area contributed by atoms with Crippen LogP contribution in [-0.2, 0) is 4.79 Å². The number of hydrogen-bond acceptors (Lipinski definition) is 3. The van der Waals surface area contributed by atoms with Crippen LogP contribution in [-0.4, -0.2) is 37.0 Å². The number of nitrogens with one attached hydrogen (secondary N) is 1. The second-order valence-corrected chi connectivity index (χ2v) is 6.53. The number of hydrogen-bond donors (Lipinski definition) is 1. The fourth-order valence-electron chi connectivity index (χ4n) is 3.36. The van der Waals surface area contributed by atoms with E-state index in [0.717, 1.165) is 19.4 Å². The average Bonchev–Trinajstić information content (AvgIpc) is 2.84. The molecular formula is C15H25N3O. The van der Waals surface area contributed by atoms with Gasteiger partial charge in [-0.15, -0.1) is 0 Å². The molecule has 1 amide bonds. The van der Waals surface area contributed by atoms with Crippen molar-refractivity contribution in [2.75, 3.05) is 26.2 Å². The van der Waals surface area contributed by atoms with E-state index in [-0.39, 0.29) is 5.91 Å². The highest BCUT2D eigenvalue weighted by Crippen LogP contribution is 2.45. The summed E-state index contributed by atoms with van der Waals surface area (Å²) in [6.07, 6.45) is 4.04. The minimum Gasteiger partial charge on any atom is -0.354 e. The van der Waals surface area contributed by atoms with Gasteiger partial charge in [-0.2, -0.15) is 5.26 Å². The van der Waals surface area contributed by atoms with Crippen molar-refractivity contribution in [3.05, 3.63) is 0 Å². The summed E-state index contributed by atoms with van der Waals surface area (Å²) in [5.41, 5.74) is -0.729. The van der Waals surface area contributed by atoms with Crippen LogP contribution in [0.1, 0.15) is 39.5 Å². The fraction of sp³-hybridized carbons (Fsp3) is 0.867. The van der Waals surface area contributed by atoms with Crippen molar-refractivity contribution in [1.29, 1.82) is 5.26 Å². The van der Waals surface area contributed by atoms with Gasteiger partial charge in [-0.25, -0.2) is 0 Å². The van der Waals surface area contributed by atoms with Crippen LogP contribution in [0.5, 0.6) is 0 Å². The fourth-order valence-corrected chi connectivity index (χ4v) is 3.36. The molecule has 4 nitrogen and oxygen atoms in total. The zero-order valence-corrected chi connectivity index (χ0v) is 12.1. The van der Waals surface area contributed by atoms with Crippen LogP contribution in [0.2, 0.25) is 0 Å². The molecule has 0 radical (unpaired) electrons. The van der Waals surface area contributed by atoms with E-state index in [2.05, 4.69) is 30.1 Å². The quantitative estimate of drug-likeness (QED) is 0.822. The summed E-state index contributed by atoms with van der Waals surface area (Å²) in [5.74, 6) is 0.907. The molecule has 0 aromatic heterocycles. The largest absolute Gasteiger partial charge is 0.354 e. The first-order valence-electron chi connectivity index (χ1n) is 7.47. The molecule has 1 aliphatic heterocycles. The summed E-state index contributed by atoms with van der Waals surface area (Å²) in [5, 5.41) is 12.2. The molecular weight excluding hydrogens is 238 g/mol. The van der Waals surface area contributed by atoms with Crippen molar-refractivity contribution in [3.63, 3.8) is 0 Å². The molecule has 0 aromatic carbocycles. The van der Waals surface area contributed by atoms with E-state index < -0.39 is 5.41 Å². The Labute approximate surface area is 116 Å². The van der Waals surface area contributed by atoms with E-state index in [1.165, 1.54) is 25.9 Å². The molecule has 4 heteroatoms. The summed E-state index contributed by atoms with van der Waals surface area (Å²) in [4.78, 5) is 14.6. The second kappa shape index (κ2) is 5.92. The van der Waals surface area contributed by atoms with Crippen LogP contribution in [0.15, 0.2) is 0 Å². The lowest BCUT2D eigenvalue weighted by molar-refractivity contribution is -0.134. The number of rotatable bonds is 5. The van der Waals surface area contributed by atoms with Gasteiger partial charge in [-0.1, -0.05) is 13.8 Å². The van der Waals surface area contributed by atoms with Gasteiger partial charge in [0, 0.05) is 13.1 Å². The van der Waals surface area contributed by atoms with E-state index in [1.54, 1.807) is 0 Å². The Morgan fingerprint density at radius 3 is 2.63 bits per heavy atom. The molecule has 1 aliphatic carbocycles. The minimum absolute atomic E-state index is 0.0543. The lowest BCUT2D eigenvalue weighted by Gasteiger charge is -2.39. The second-order valence-electron chi connectivity index (χ2n) is 6.53. The topological polar surface area (TPSA) is 56.1 Å². The summed E-state index contributed by atoms with van der Waals surface area (Å²) in [6, 6.07) is 2.22. The average molecular weight is 263 g/mol. The van der Waals surface area contributed by atoms with Crippen molar-refractivity contribution >= 4 is 5.91 Å². The first kappa shape index (κ1) is 14.3.